The molecule has 1 aromatic heterocycles. The van der Waals surface area contributed by atoms with Crippen molar-refractivity contribution in [2.45, 2.75) is 13.5 Å². The number of pyridine rings is 1. The second kappa shape index (κ2) is 7.47. The number of carbonyl (C=O) groups excluding carboxylic acids is 1. The first-order valence-electron chi connectivity index (χ1n) is 6.89. The van der Waals surface area contributed by atoms with Crippen LogP contribution in [0, 0.1) is 12.7 Å². The first-order valence-corrected chi connectivity index (χ1v) is 8.33. The lowest BCUT2D eigenvalue weighted by atomic mass is 10.2. The summed E-state index contributed by atoms with van der Waals surface area (Å²) in [5, 5.41) is 0. The van der Waals surface area contributed by atoms with Crippen molar-refractivity contribution >= 4 is 16.1 Å². The number of halogens is 1. The molecule has 0 unspecified atom stereocenters. The lowest BCUT2D eigenvalue weighted by molar-refractivity contribution is -0.0574. The van der Waals surface area contributed by atoms with E-state index in [0.29, 0.717) is 4.47 Å². The summed E-state index contributed by atoms with van der Waals surface area (Å²) in [6.45, 7) is 1.18. The zero-order chi connectivity index (χ0) is 17.7. The highest BCUT2D eigenvalue weighted by Crippen LogP contribution is 2.10. The maximum Gasteiger partial charge on any atom is 0.326 e. The van der Waals surface area contributed by atoms with Gasteiger partial charge in [-0.25, -0.2) is 9.11 Å². The Bertz CT molecular complexity index is 828. The van der Waals surface area contributed by atoms with Crippen molar-refractivity contribution < 1.29 is 22.4 Å². The van der Waals surface area contributed by atoms with Gasteiger partial charge in [-0.1, -0.05) is 22.7 Å². The number of aromatic nitrogens is 1. The summed E-state index contributed by atoms with van der Waals surface area (Å²) in [4.78, 5) is 20.8. The SMILES string of the molecule is CON(Cc1ccc(F)c(C)n1)S(=O)(=O)NC(=O)c1ccccc1. The van der Waals surface area contributed by atoms with Gasteiger partial charge in [0, 0.05) is 5.56 Å². The highest BCUT2D eigenvalue weighted by Gasteiger charge is 2.26. The minimum absolute atomic E-state index is 0.134. The standard InChI is InChI=1S/C15H16FN3O4S/c1-11-14(16)9-8-13(17-11)10-19(23-2)24(21,22)18-15(20)12-6-4-3-5-7-12/h3-9H,10H2,1-2H3,(H,18,20). The van der Waals surface area contributed by atoms with Crippen LogP contribution in [0.5, 0.6) is 0 Å². The van der Waals surface area contributed by atoms with Crippen molar-refractivity contribution in [3.05, 3.63) is 65.2 Å². The van der Waals surface area contributed by atoms with Gasteiger partial charge in [0.25, 0.3) is 5.91 Å². The molecule has 0 spiro atoms. The molecule has 2 rings (SSSR count). The van der Waals surface area contributed by atoms with Crippen LogP contribution < -0.4 is 4.72 Å². The zero-order valence-electron chi connectivity index (χ0n) is 13.1. The Labute approximate surface area is 139 Å². The van der Waals surface area contributed by atoms with Crippen LogP contribution in [0.1, 0.15) is 21.7 Å². The Morgan fingerprint density at radius 2 is 1.92 bits per heavy atom. The molecule has 0 saturated carbocycles. The third kappa shape index (κ3) is 4.34. The largest absolute Gasteiger partial charge is 0.326 e. The average molecular weight is 353 g/mol. The van der Waals surface area contributed by atoms with E-state index in [1.807, 2.05) is 4.72 Å². The predicted molar refractivity (Wildman–Crippen MR) is 84.3 cm³/mol. The monoisotopic (exact) mass is 353 g/mol. The van der Waals surface area contributed by atoms with Crippen molar-refractivity contribution in [2.75, 3.05) is 7.11 Å². The molecule has 0 saturated heterocycles. The number of nitrogens with one attached hydrogen (secondary N) is 1. The molecule has 1 aromatic carbocycles. The molecule has 9 heteroatoms. The second-order valence-corrected chi connectivity index (χ2v) is 6.38. The van der Waals surface area contributed by atoms with Gasteiger partial charge in [0.1, 0.15) is 5.82 Å². The Balaban J connectivity index is 2.15. The van der Waals surface area contributed by atoms with Crippen LogP contribution in [0.4, 0.5) is 4.39 Å². The van der Waals surface area contributed by atoms with E-state index >= 15 is 0 Å². The summed E-state index contributed by atoms with van der Waals surface area (Å²) < 4.78 is 40.2. The molecule has 0 aliphatic carbocycles. The Kier molecular flexibility index (Phi) is 5.60. The molecule has 128 valence electrons. The van der Waals surface area contributed by atoms with Crippen LogP contribution in [-0.2, 0) is 21.6 Å². The Morgan fingerprint density at radius 1 is 1.25 bits per heavy atom. The first-order chi connectivity index (χ1) is 11.3. The topological polar surface area (TPSA) is 88.6 Å². The lowest BCUT2D eigenvalue weighted by Gasteiger charge is -2.19. The summed E-state index contributed by atoms with van der Waals surface area (Å²) in [6.07, 6.45) is 0. The average Bonchev–Trinajstić information content (AvgIpc) is 2.56. The normalized spacial score (nSPS) is 11.5. The molecule has 0 fully saturated rings. The summed E-state index contributed by atoms with van der Waals surface area (Å²) >= 11 is 0. The Morgan fingerprint density at radius 3 is 2.50 bits per heavy atom. The third-order valence-electron chi connectivity index (χ3n) is 3.10. The third-order valence-corrected chi connectivity index (χ3v) is 4.36. The number of hydroxylamine groups is 1. The number of nitrogens with zero attached hydrogens (tertiary/aromatic N) is 2. The van der Waals surface area contributed by atoms with E-state index < -0.39 is 21.9 Å². The molecule has 0 aliphatic heterocycles. The summed E-state index contributed by atoms with van der Waals surface area (Å²) in [6, 6.07) is 10.4. The molecule has 7 nitrogen and oxygen atoms in total. The van der Waals surface area contributed by atoms with E-state index in [1.165, 1.54) is 31.2 Å². The van der Waals surface area contributed by atoms with Gasteiger partial charge in [0.05, 0.1) is 25.0 Å². The van der Waals surface area contributed by atoms with Crippen LogP contribution in [0.25, 0.3) is 0 Å². The Hall–Kier alpha value is -2.36. The molecule has 0 aliphatic rings. The van der Waals surface area contributed by atoms with Crippen molar-refractivity contribution in [1.29, 1.82) is 0 Å². The smallest absolute Gasteiger partial charge is 0.286 e. The van der Waals surface area contributed by atoms with E-state index in [0.717, 1.165) is 7.11 Å². The zero-order valence-corrected chi connectivity index (χ0v) is 13.9. The van der Waals surface area contributed by atoms with E-state index in [-0.39, 0.29) is 23.5 Å². The van der Waals surface area contributed by atoms with E-state index in [2.05, 4.69) is 4.98 Å². The maximum absolute atomic E-state index is 13.2. The highest BCUT2D eigenvalue weighted by atomic mass is 32.2. The fraction of sp³-hybridized carbons (Fsp3) is 0.200. The molecule has 1 N–H and O–H groups in total. The predicted octanol–water partition coefficient (Wildman–Crippen LogP) is 1.57. The molecular formula is C15H16FN3O4S. The van der Waals surface area contributed by atoms with Crippen molar-refractivity contribution in [2.24, 2.45) is 0 Å². The lowest BCUT2D eigenvalue weighted by Crippen LogP contribution is -2.42. The van der Waals surface area contributed by atoms with Crippen LogP contribution in [-0.4, -0.2) is 30.9 Å². The fourth-order valence-corrected chi connectivity index (χ4v) is 2.83. The number of hydrogen-bond acceptors (Lipinski definition) is 5. The van der Waals surface area contributed by atoms with Crippen molar-refractivity contribution in [3.8, 4) is 0 Å². The van der Waals surface area contributed by atoms with Gasteiger partial charge in [0.15, 0.2) is 0 Å². The van der Waals surface area contributed by atoms with E-state index in [4.69, 9.17) is 4.84 Å². The number of benzene rings is 1. The second-order valence-electron chi connectivity index (χ2n) is 4.82. The van der Waals surface area contributed by atoms with Gasteiger partial charge >= 0.3 is 10.2 Å². The quantitative estimate of drug-likeness (QED) is 0.797. The van der Waals surface area contributed by atoms with Crippen LogP contribution >= 0.6 is 0 Å². The molecule has 0 atom stereocenters. The highest BCUT2D eigenvalue weighted by molar-refractivity contribution is 7.87. The fourth-order valence-electron chi connectivity index (χ4n) is 1.88. The van der Waals surface area contributed by atoms with Gasteiger partial charge in [-0.3, -0.25) is 14.6 Å². The minimum atomic E-state index is -4.26. The van der Waals surface area contributed by atoms with Crippen molar-refractivity contribution in [1.82, 2.24) is 14.2 Å². The molecular weight excluding hydrogens is 337 g/mol. The summed E-state index contributed by atoms with van der Waals surface area (Å²) in [5.41, 5.74) is 0.593. The molecule has 0 radical (unpaired) electrons. The van der Waals surface area contributed by atoms with Gasteiger partial charge in [-0.2, -0.15) is 8.42 Å². The number of rotatable bonds is 6. The van der Waals surface area contributed by atoms with E-state index in [1.54, 1.807) is 18.2 Å². The van der Waals surface area contributed by atoms with Gasteiger partial charge < -0.3 is 0 Å². The first kappa shape index (κ1) is 18.0. The van der Waals surface area contributed by atoms with Gasteiger partial charge in [0.2, 0.25) is 0 Å². The maximum atomic E-state index is 13.2. The summed E-state index contributed by atoms with van der Waals surface area (Å²) in [7, 11) is -3.12. The van der Waals surface area contributed by atoms with Crippen molar-refractivity contribution in [3.63, 3.8) is 0 Å². The van der Waals surface area contributed by atoms with Crippen LogP contribution in [0.2, 0.25) is 0 Å². The van der Waals surface area contributed by atoms with E-state index in [9.17, 15) is 17.6 Å². The number of aryl methyl sites for hydroxylation is 1. The minimum Gasteiger partial charge on any atom is -0.286 e. The molecule has 1 amide bonds. The van der Waals surface area contributed by atoms with Crippen LogP contribution in [0.3, 0.4) is 0 Å². The van der Waals surface area contributed by atoms with Gasteiger partial charge in [-0.15, -0.1) is 0 Å². The summed E-state index contributed by atoms with van der Waals surface area (Å²) in [5.74, 6) is -1.29. The van der Waals surface area contributed by atoms with Gasteiger partial charge in [-0.05, 0) is 31.2 Å². The molecule has 2 aromatic rings. The van der Waals surface area contributed by atoms with Crippen LogP contribution in [0.15, 0.2) is 42.5 Å². The molecule has 24 heavy (non-hydrogen) atoms. The molecule has 1 heterocycles. The number of carbonyl (C=O) groups is 1. The number of hydrogen-bond donors (Lipinski definition) is 1. The number of amides is 1. The molecule has 0 bridgehead atoms.